The van der Waals surface area contributed by atoms with E-state index in [0.29, 0.717) is 18.5 Å². The fourth-order valence-corrected chi connectivity index (χ4v) is 3.73. The molecule has 9 nitrogen and oxygen atoms in total. The molecule has 3 N–H and O–H groups in total. The summed E-state index contributed by atoms with van der Waals surface area (Å²) in [5.41, 5.74) is 2.67. The Morgan fingerprint density at radius 3 is 2.59 bits per heavy atom. The van der Waals surface area contributed by atoms with Gasteiger partial charge in [0.25, 0.3) is 5.91 Å². The number of aliphatic hydroxyl groups is 1. The summed E-state index contributed by atoms with van der Waals surface area (Å²) >= 11 is 0. The lowest BCUT2D eigenvalue weighted by molar-refractivity contribution is -0.132. The van der Waals surface area contributed by atoms with Gasteiger partial charge in [-0.1, -0.05) is 11.8 Å². The number of anilines is 1. The number of ether oxygens (including phenoxy) is 1. The van der Waals surface area contributed by atoms with E-state index in [1.807, 2.05) is 0 Å². The molecule has 0 spiro atoms. The minimum Gasteiger partial charge on any atom is -0.444 e. The zero-order chi connectivity index (χ0) is 21.7. The molecular weight excluding hydrogens is 400 g/mol. The maximum atomic E-state index is 12.2. The van der Waals surface area contributed by atoms with Crippen molar-refractivity contribution in [2.24, 2.45) is 0 Å². The highest BCUT2D eigenvalue weighted by molar-refractivity contribution is 7.92. The highest BCUT2D eigenvalue weighted by Gasteiger charge is 2.48. The number of amides is 2. The standard InChI is InChI=1S/C19H24N2O7S/c1-19(17(23)20-25,29(2,26)27)12-16-13-21(18(24)28-16)15-9-7-14(8-10-15)6-4-3-5-11-22/h7-10,16,22,25H,3,5,11-13H2,1-2H3,(H,20,23)/t16-,19+/m0/s1. The highest BCUT2D eigenvalue weighted by Crippen LogP contribution is 2.30. The molecule has 1 aromatic rings. The van der Waals surface area contributed by atoms with Crippen LogP contribution < -0.4 is 10.4 Å². The van der Waals surface area contributed by atoms with Crippen LogP contribution >= 0.6 is 0 Å². The van der Waals surface area contributed by atoms with E-state index >= 15 is 0 Å². The molecule has 2 amide bonds. The lowest BCUT2D eigenvalue weighted by Gasteiger charge is -2.26. The van der Waals surface area contributed by atoms with Crippen LogP contribution in [-0.4, -0.2) is 61.0 Å². The summed E-state index contributed by atoms with van der Waals surface area (Å²) in [6, 6.07) is 6.86. The van der Waals surface area contributed by atoms with Crippen LogP contribution in [-0.2, 0) is 19.4 Å². The highest BCUT2D eigenvalue weighted by atomic mass is 32.2. The van der Waals surface area contributed by atoms with Crippen LogP contribution in [0.15, 0.2) is 24.3 Å². The predicted octanol–water partition coefficient (Wildman–Crippen LogP) is 0.835. The largest absolute Gasteiger partial charge is 0.444 e. The topological polar surface area (TPSA) is 133 Å². The van der Waals surface area contributed by atoms with E-state index in [0.717, 1.165) is 11.8 Å². The van der Waals surface area contributed by atoms with Gasteiger partial charge in [-0.25, -0.2) is 18.7 Å². The molecule has 158 valence electrons. The Kier molecular flexibility index (Phi) is 7.24. The van der Waals surface area contributed by atoms with Gasteiger partial charge in [0.05, 0.1) is 6.54 Å². The average molecular weight is 424 g/mol. The maximum Gasteiger partial charge on any atom is 0.414 e. The third-order valence-corrected chi connectivity index (χ3v) is 6.75. The van der Waals surface area contributed by atoms with Crippen molar-refractivity contribution in [3.63, 3.8) is 0 Å². The van der Waals surface area contributed by atoms with Crippen molar-refractivity contribution >= 4 is 27.5 Å². The summed E-state index contributed by atoms with van der Waals surface area (Å²) in [5, 5.41) is 17.6. The van der Waals surface area contributed by atoms with Gasteiger partial charge in [0.2, 0.25) is 0 Å². The van der Waals surface area contributed by atoms with Crippen LogP contribution in [0, 0.1) is 11.8 Å². The number of hydrogen-bond acceptors (Lipinski definition) is 7. The summed E-state index contributed by atoms with van der Waals surface area (Å²) in [5.74, 6) is 4.80. The summed E-state index contributed by atoms with van der Waals surface area (Å²) < 4.78 is 27.5. The van der Waals surface area contributed by atoms with Crippen LogP contribution in [0.4, 0.5) is 10.5 Å². The second-order valence-corrected chi connectivity index (χ2v) is 9.39. The number of nitrogens with one attached hydrogen (secondary N) is 1. The molecule has 2 rings (SSSR count). The molecule has 1 fully saturated rings. The van der Waals surface area contributed by atoms with Crippen LogP contribution in [0.5, 0.6) is 0 Å². The van der Waals surface area contributed by atoms with Crippen molar-refractivity contribution < 1.29 is 33.1 Å². The Hall–Kier alpha value is -2.61. The van der Waals surface area contributed by atoms with Crippen molar-refractivity contribution in [1.29, 1.82) is 0 Å². The minimum absolute atomic E-state index is 0.0597. The lowest BCUT2D eigenvalue weighted by atomic mass is 10.0. The second kappa shape index (κ2) is 9.26. The molecule has 0 radical (unpaired) electrons. The zero-order valence-corrected chi connectivity index (χ0v) is 17.0. The average Bonchev–Trinajstić information content (AvgIpc) is 3.04. The first-order valence-corrected chi connectivity index (χ1v) is 10.8. The molecule has 0 unspecified atom stereocenters. The SMILES string of the molecule is C[C@@](C[C@H]1CN(c2ccc(C#CCCCO)cc2)C(=O)O1)(C(=O)NO)S(C)(=O)=O. The van der Waals surface area contributed by atoms with E-state index in [2.05, 4.69) is 11.8 Å². The quantitative estimate of drug-likeness (QED) is 0.256. The van der Waals surface area contributed by atoms with E-state index < -0.39 is 32.7 Å². The molecule has 10 heteroatoms. The Bertz CT molecular complexity index is 918. The Morgan fingerprint density at radius 1 is 1.38 bits per heavy atom. The van der Waals surface area contributed by atoms with E-state index in [1.54, 1.807) is 24.3 Å². The maximum absolute atomic E-state index is 12.2. The monoisotopic (exact) mass is 424 g/mol. The zero-order valence-electron chi connectivity index (χ0n) is 16.2. The number of carbonyl (C=O) groups excluding carboxylic acids is 2. The fraction of sp³-hybridized carbons (Fsp3) is 0.474. The smallest absolute Gasteiger partial charge is 0.414 e. The number of aliphatic hydroxyl groups excluding tert-OH is 1. The van der Waals surface area contributed by atoms with Crippen molar-refractivity contribution in [3.8, 4) is 11.8 Å². The minimum atomic E-state index is -3.89. The first-order valence-electron chi connectivity index (χ1n) is 8.94. The van der Waals surface area contributed by atoms with Crippen molar-refractivity contribution in [2.45, 2.75) is 37.0 Å². The van der Waals surface area contributed by atoms with E-state index in [4.69, 9.17) is 15.1 Å². The number of sulfone groups is 1. The third kappa shape index (κ3) is 5.26. The van der Waals surface area contributed by atoms with Crippen molar-refractivity contribution in [3.05, 3.63) is 29.8 Å². The van der Waals surface area contributed by atoms with Gasteiger partial charge in [-0.2, -0.15) is 0 Å². The molecule has 1 saturated heterocycles. The summed E-state index contributed by atoms with van der Waals surface area (Å²) in [6.07, 6.45) is 0.270. The molecule has 1 aliphatic rings. The molecule has 1 aliphatic heterocycles. The second-order valence-electron chi connectivity index (χ2n) is 6.94. The lowest BCUT2D eigenvalue weighted by Crippen LogP contribution is -2.51. The number of hydrogen-bond donors (Lipinski definition) is 3. The Balaban J connectivity index is 2.11. The molecule has 1 heterocycles. The molecule has 1 aromatic carbocycles. The third-order valence-electron chi connectivity index (χ3n) is 4.76. The van der Waals surface area contributed by atoms with E-state index in [9.17, 15) is 18.0 Å². The summed E-state index contributed by atoms with van der Waals surface area (Å²) in [7, 11) is -3.89. The van der Waals surface area contributed by atoms with Crippen molar-refractivity contribution in [1.82, 2.24) is 5.48 Å². The Labute approximate surface area is 169 Å². The number of rotatable bonds is 7. The first-order chi connectivity index (χ1) is 13.6. The Morgan fingerprint density at radius 2 is 2.03 bits per heavy atom. The van der Waals surface area contributed by atoms with Gasteiger partial charge in [-0.3, -0.25) is 14.9 Å². The fourth-order valence-electron chi connectivity index (χ4n) is 2.86. The van der Waals surface area contributed by atoms with Crippen LogP contribution in [0.3, 0.4) is 0 Å². The molecule has 0 saturated carbocycles. The van der Waals surface area contributed by atoms with E-state index in [1.165, 1.54) is 17.3 Å². The molecule has 0 bridgehead atoms. The first kappa shape index (κ1) is 22.7. The predicted molar refractivity (Wildman–Crippen MR) is 105 cm³/mol. The molecule has 29 heavy (non-hydrogen) atoms. The normalized spacial score (nSPS) is 18.4. The molecule has 0 aliphatic carbocycles. The van der Waals surface area contributed by atoms with Crippen LogP contribution in [0.2, 0.25) is 0 Å². The van der Waals surface area contributed by atoms with Gasteiger partial charge < -0.3 is 9.84 Å². The summed E-state index contributed by atoms with van der Waals surface area (Å²) in [6.45, 7) is 1.32. The van der Waals surface area contributed by atoms with E-state index in [-0.39, 0.29) is 19.6 Å². The van der Waals surface area contributed by atoms with Gasteiger partial charge in [0, 0.05) is 37.0 Å². The van der Waals surface area contributed by atoms with Gasteiger partial charge in [-0.05, 0) is 37.6 Å². The number of hydroxylamine groups is 1. The number of cyclic esters (lactones) is 1. The number of nitrogens with zero attached hydrogens (tertiary/aromatic N) is 1. The molecule has 2 atom stereocenters. The van der Waals surface area contributed by atoms with Gasteiger partial charge in [0.15, 0.2) is 14.6 Å². The van der Waals surface area contributed by atoms with Crippen LogP contribution in [0.25, 0.3) is 0 Å². The van der Waals surface area contributed by atoms with Crippen molar-refractivity contribution in [2.75, 3.05) is 24.3 Å². The van der Waals surface area contributed by atoms with Gasteiger partial charge >= 0.3 is 6.09 Å². The number of benzene rings is 1. The number of carbonyl (C=O) groups is 2. The molecule has 0 aromatic heterocycles. The van der Waals surface area contributed by atoms with Gasteiger partial charge in [-0.15, -0.1) is 0 Å². The summed E-state index contributed by atoms with van der Waals surface area (Å²) in [4.78, 5) is 25.5. The molecular formula is C19H24N2O7S. The number of unbranched alkanes of at least 4 members (excludes halogenated alkanes) is 1. The van der Waals surface area contributed by atoms with Crippen LogP contribution in [0.1, 0.15) is 31.7 Å². The van der Waals surface area contributed by atoms with Gasteiger partial charge in [0.1, 0.15) is 6.10 Å².